The highest BCUT2D eigenvalue weighted by Gasteiger charge is 2.33. The Labute approximate surface area is 103 Å². The Bertz CT molecular complexity index is 246. The van der Waals surface area contributed by atoms with Gasteiger partial charge in [0.1, 0.15) is 0 Å². The van der Waals surface area contributed by atoms with Gasteiger partial charge in [0.25, 0.3) is 0 Å². The number of morpholine rings is 1. The van der Waals surface area contributed by atoms with Crippen molar-refractivity contribution in [2.24, 2.45) is 5.92 Å². The van der Waals surface area contributed by atoms with Crippen LogP contribution in [0.2, 0.25) is 0 Å². The van der Waals surface area contributed by atoms with Gasteiger partial charge in [-0.05, 0) is 13.3 Å². The molecule has 0 bridgehead atoms. The second-order valence-corrected chi connectivity index (χ2v) is 4.58. The van der Waals surface area contributed by atoms with Crippen LogP contribution in [-0.2, 0) is 9.53 Å². The molecule has 0 aromatic carbocycles. The summed E-state index contributed by atoms with van der Waals surface area (Å²) < 4.78 is 5.74. The average Bonchev–Trinajstić information content (AvgIpc) is 2.14. The van der Waals surface area contributed by atoms with E-state index in [1.165, 1.54) is 0 Å². The molecule has 2 aliphatic rings. The number of nitrogens with one attached hydrogen (secondary N) is 1. The lowest BCUT2D eigenvalue weighted by atomic mass is 10.0. The van der Waals surface area contributed by atoms with Gasteiger partial charge in [-0.2, -0.15) is 0 Å². The van der Waals surface area contributed by atoms with Crippen molar-refractivity contribution in [1.29, 1.82) is 0 Å². The Morgan fingerprint density at radius 2 is 2.12 bits per heavy atom. The number of carbonyl (C=O) groups is 1. The molecule has 2 aliphatic heterocycles. The minimum atomic E-state index is 0. The zero-order valence-electron chi connectivity index (χ0n) is 9.94. The second kappa shape index (κ2) is 5.84. The van der Waals surface area contributed by atoms with Gasteiger partial charge >= 0.3 is 0 Å². The Morgan fingerprint density at radius 3 is 2.62 bits per heavy atom. The highest BCUT2D eigenvalue weighted by atomic mass is 35.5. The lowest BCUT2D eigenvalue weighted by Gasteiger charge is -2.40. The average molecular weight is 249 g/mol. The van der Waals surface area contributed by atoms with E-state index in [1.807, 2.05) is 11.8 Å². The molecule has 4 nitrogen and oxygen atoms in total. The molecule has 2 heterocycles. The van der Waals surface area contributed by atoms with Crippen LogP contribution in [0.5, 0.6) is 0 Å². The smallest absolute Gasteiger partial charge is 0.228 e. The Kier molecular flexibility index (Phi) is 5.02. The fourth-order valence-electron chi connectivity index (χ4n) is 2.17. The topological polar surface area (TPSA) is 41.6 Å². The summed E-state index contributed by atoms with van der Waals surface area (Å²) in [5.41, 5.74) is 0. The fourth-order valence-corrected chi connectivity index (χ4v) is 2.17. The lowest BCUT2D eigenvalue weighted by molar-refractivity contribution is -0.150. The SMILES string of the molecule is CCC1CN(C(=O)C2CNC2)CC(C)O1.Cl. The fraction of sp³-hybridized carbons (Fsp3) is 0.909. The predicted octanol–water partition coefficient (Wildman–Crippen LogP) is 0.654. The van der Waals surface area contributed by atoms with Crippen LogP contribution >= 0.6 is 12.4 Å². The Morgan fingerprint density at radius 1 is 1.44 bits per heavy atom. The van der Waals surface area contributed by atoms with E-state index in [2.05, 4.69) is 12.2 Å². The second-order valence-electron chi connectivity index (χ2n) is 4.58. The van der Waals surface area contributed by atoms with Crippen LogP contribution in [0, 0.1) is 5.92 Å². The maximum Gasteiger partial charge on any atom is 0.228 e. The Balaban J connectivity index is 0.00000128. The molecular formula is C11H21ClN2O2. The quantitative estimate of drug-likeness (QED) is 0.781. The third-order valence-corrected chi connectivity index (χ3v) is 3.22. The van der Waals surface area contributed by atoms with Gasteiger partial charge in [0, 0.05) is 26.2 Å². The number of carbonyl (C=O) groups excluding carboxylic acids is 1. The zero-order valence-corrected chi connectivity index (χ0v) is 10.8. The molecule has 2 rings (SSSR count). The molecule has 0 aromatic rings. The summed E-state index contributed by atoms with van der Waals surface area (Å²) >= 11 is 0. The summed E-state index contributed by atoms with van der Waals surface area (Å²) in [6.07, 6.45) is 1.39. The number of nitrogens with zero attached hydrogens (tertiary/aromatic N) is 1. The van der Waals surface area contributed by atoms with Crippen molar-refractivity contribution in [3.8, 4) is 0 Å². The van der Waals surface area contributed by atoms with Crippen LogP contribution in [0.1, 0.15) is 20.3 Å². The molecule has 94 valence electrons. The summed E-state index contributed by atoms with van der Waals surface area (Å²) in [6, 6.07) is 0. The molecule has 5 heteroatoms. The van der Waals surface area contributed by atoms with Crippen LogP contribution in [0.4, 0.5) is 0 Å². The molecule has 2 fully saturated rings. The lowest BCUT2D eigenvalue weighted by Crippen LogP contribution is -2.56. The minimum Gasteiger partial charge on any atom is -0.372 e. The molecule has 0 aromatic heterocycles. The molecule has 1 amide bonds. The van der Waals surface area contributed by atoms with Gasteiger partial charge in [0.05, 0.1) is 18.1 Å². The van der Waals surface area contributed by atoms with E-state index in [0.29, 0.717) is 5.91 Å². The standard InChI is InChI=1S/C11H20N2O2.ClH/c1-3-10-7-13(6-8(2)15-10)11(14)9-4-12-5-9;/h8-10,12H,3-7H2,1-2H3;1H. The van der Waals surface area contributed by atoms with E-state index in [0.717, 1.165) is 32.6 Å². The van der Waals surface area contributed by atoms with Crippen LogP contribution in [0.3, 0.4) is 0 Å². The molecule has 2 atom stereocenters. The molecule has 0 aliphatic carbocycles. The molecule has 2 unspecified atom stereocenters. The molecule has 1 N–H and O–H groups in total. The number of hydrogen-bond acceptors (Lipinski definition) is 3. The van der Waals surface area contributed by atoms with E-state index in [9.17, 15) is 4.79 Å². The van der Waals surface area contributed by atoms with E-state index in [4.69, 9.17) is 4.74 Å². The summed E-state index contributed by atoms with van der Waals surface area (Å²) in [6.45, 7) is 7.38. The molecule has 16 heavy (non-hydrogen) atoms. The maximum absolute atomic E-state index is 12.0. The van der Waals surface area contributed by atoms with Crippen molar-refractivity contribution in [2.75, 3.05) is 26.2 Å². The number of ether oxygens (including phenoxy) is 1. The first-order chi connectivity index (χ1) is 7.20. The van der Waals surface area contributed by atoms with Crippen molar-refractivity contribution in [3.63, 3.8) is 0 Å². The van der Waals surface area contributed by atoms with Gasteiger partial charge in [-0.3, -0.25) is 4.79 Å². The van der Waals surface area contributed by atoms with Crippen molar-refractivity contribution in [2.45, 2.75) is 32.5 Å². The molecular weight excluding hydrogens is 228 g/mol. The van der Waals surface area contributed by atoms with E-state index in [-0.39, 0.29) is 30.5 Å². The highest BCUT2D eigenvalue weighted by Crippen LogP contribution is 2.17. The summed E-state index contributed by atoms with van der Waals surface area (Å²) in [5.74, 6) is 0.523. The van der Waals surface area contributed by atoms with Gasteiger partial charge in [0.2, 0.25) is 5.91 Å². The van der Waals surface area contributed by atoms with Gasteiger partial charge in [-0.15, -0.1) is 12.4 Å². The predicted molar refractivity (Wildman–Crippen MR) is 64.8 cm³/mol. The molecule has 0 radical (unpaired) electrons. The first-order valence-corrected chi connectivity index (χ1v) is 5.85. The first kappa shape index (κ1) is 13.7. The summed E-state index contributed by atoms with van der Waals surface area (Å²) in [7, 11) is 0. The minimum absolute atomic E-state index is 0. The first-order valence-electron chi connectivity index (χ1n) is 5.85. The number of amides is 1. The van der Waals surface area contributed by atoms with Crippen molar-refractivity contribution >= 4 is 18.3 Å². The number of rotatable bonds is 2. The number of halogens is 1. The highest BCUT2D eigenvalue weighted by molar-refractivity contribution is 5.85. The van der Waals surface area contributed by atoms with Crippen LogP contribution in [0.25, 0.3) is 0 Å². The van der Waals surface area contributed by atoms with E-state index in [1.54, 1.807) is 0 Å². The monoisotopic (exact) mass is 248 g/mol. The van der Waals surface area contributed by atoms with Crippen molar-refractivity contribution in [3.05, 3.63) is 0 Å². The summed E-state index contributed by atoms with van der Waals surface area (Å²) in [5, 5.41) is 3.14. The van der Waals surface area contributed by atoms with Crippen LogP contribution in [0.15, 0.2) is 0 Å². The van der Waals surface area contributed by atoms with Crippen LogP contribution < -0.4 is 5.32 Å². The Hall–Kier alpha value is -0.320. The van der Waals surface area contributed by atoms with E-state index < -0.39 is 0 Å². The largest absolute Gasteiger partial charge is 0.372 e. The van der Waals surface area contributed by atoms with Gasteiger partial charge in [-0.1, -0.05) is 6.92 Å². The summed E-state index contributed by atoms with van der Waals surface area (Å²) in [4.78, 5) is 14.0. The third-order valence-electron chi connectivity index (χ3n) is 3.22. The van der Waals surface area contributed by atoms with Crippen molar-refractivity contribution < 1.29 is 9.53 Å². The maximum atomic E-state index is 12.0. The van der Waals surface area contributed by atoms with Crippen LogP contribution in [-0.4, -0.2) is 49.2 Å². The molecule has 0 saturated carbocycles. The number of hydrogen-bond donors (Lipinski definition) is 1. The van der Waals surface area contributed by atoms with Gasteiger partial charge in [0.15, 0.2) is 0 Å². The van der Waals surface area contributed by atoms with E-state index >= 15 is 0 Å². The molecule has 0 spiro atoms. The third kappa shape index (κ3) is 2.87. The zero-order chi connectivity index (χ0) is 10.8. The molecule has 2 saturated heterocycles. The van der Waals surface area contributed by atoms with Crippen molar-refractivity contribution in [1.82, 2.24) is 10.2 Å². The van der Waals surface area contributed by atoms with Gasteiger partial charge < -0.3 is 15.0 Å². The van der Waals surface area contributed by atoms with Gasteiger partial charge in [-0.25, -0.2) is 0 Å². The normalized spacial score (nSPS) is 30.5.